The Kier molecular flexibility index (Phi) is 6.24. The Bertz CT molecular complexity index is 642. The van der Waals surface area contributed by atoms with Crippen molar-refractivity contribution < 1.29 is 9.31 Å². The summed E-state index contributed by atoms with van der Waals surface area (Å²) >= 11 is 0. The van der Waals surface area contributed by atoms with Crippen LogP contribution in [0, 0.1) is 22.7 Å². The molecule has 1 aromatic carbocycles. The molecule has 1 saturated heterocycles. The molecule has 25 heavy (non-hydrogen) atoms. The molecule has 0 bridgehead atoms. The maximum absolute atomic E-state index is 8.82. The van der Waals surface area contributed by atoms with Crippen molar-refractivity contribution in [2.45, 2.75) is 58.3 Å². The van der Waals surface area contributed by atoms with Crippen molar-refractivity contribution >= 4 is 12.6 Å². The molecular formula is C19H26BN3O2. The Hall–Kier alpha value is -1.86. The van der Waals surface area contributed by atoms with Gasteiger partial charge in [-0.2, -0.15) is 10.5 Å². The van der Waals surface area contributed by atoms with E-state index in [4.69, 9.17) is 19.8 Å². The van der Waals surface area contributed by atoms with Gasteiger partial charge in [0.2, 0.25) is 0 Å². The van der Waals surface area contributed by atoms with Gasteiger partial charge in [0, 0.05) is 32.5 Å². The van der Waals surface area contributed by atoms with Crippen molar-refractivity contribution in [1.29, 1.82) is 10.5 Å². The zero-order valence-corrected chi connectivity index (χ0v) is 15.6. The third kappa shape index (κ3) is 4.83. The first-order chi connectivity index (χ1) is 11.8. The third-order valence-electron chi connectivity index (χ3n) is 4.96. The van der Waals surface area contributed by atoms with E-state index < -0.39 is 0 Å². The summed E-state index contributed by atoms with van der Waals surface area (Å²) in [7, 11) is -0.378. The van der Waals surface area contributed by atoms with E-state index in [1.54, 1.807) is 0 Å². The van der Waals surface area contributed by atoms with Crippen LogP contribution in [0.2, 0.25) is 0 Å². The van der Waals surface area contributed by atoms with Crippen LogP contribution in [0.15, 0.2) is 24.3 Å². The van der Waals surface area contributed by atoms with Crippen molar-refractivity contribution in [1.82, 2.24) is 4.90 Å². The Labute approximate surface area is 151 Å². The molecule has 1 aliphatic heterocycles. The molecule has 1 aliphatic rings. The second kappa shape index (κ2) is 8.02. The molecule has 2 rings (SSSR count). The molecule has 0 spiro atoms. The summed E-state index contributed by atoms with van der Waals surface area (Å²) in [5.41, 5.74) is 1.40. The molecule has 0 radical (unpaired) electrons. The lowest BCUT2D eigenvalue weighted by molar-refractivity contribution is 0.00578. The van der Waals surface area contributed by atoms with Gasteiger partial charge in [0.05, 0.1) is 23.3 Å². The number of hydrogen-bond donors (Lipinski definition) is 0. The smallest absolute Gasteiger partial charge is 0.399 e. The van der Waals surface area contributed by atoms with E-state index >= 15 is 0 Å². The Morgan fingerprint density at radius 1 is 1.00 bits per heavy atom. The minimum atomic E-state index is -0.378. The predicted octanol–water partition coefficient (Wildman–Crippen LogP) is 2.62. The highest BCUT2D eigenvalue weighted by Gasteiger charge is 2.51. The second-order valence-corrected chi connectivity index (χ2v) is 7.43. The van der Waals surface area contributed by atoms with Gasteiger partial charge in [0.25, 0.3) is 0 Å². The maximum Gasteiger partial charge on any atom is 0.494 e. The van der Waals surface area contributed by atoms with Crippen molar-refractivity contribution in [2.24, 2.45) is 0 Å². The summed E-state index contributed by atoms with van der Waals surface area (Å²) in [6.07, 6.45) is 0.921. The quantitative estimate of drug-likeness (QED) is 0.714. The van der Waals surface area contributed by atoms with Gasteiger partial charge in [0.15, 0.2) is 0 Å². The van der Waals surface area contributed by atoms with Gasteiger partial charge in [-0.15, -0.1) is 0 Å². The topological polar surface area (TPSA) is 69.3 Å². The standard InChI is InChI=1S/C19H26BN3O2/c1-18(2)19(3,4)25-20(24-18)17-9-5-8-16(14-17)15-23(12-6-10-21)13-7-11-22/h5,8-9,14H,6-7,12-13,15H2,1-4H3. The normalized spacial score (nSPS) is 18.1. The van der Waals surface area contributed by atoms with Crippen LogP contribution in [0.3, 0.4) is 0 Å². The van der Waals surface area contributed by atoms with Gasteiger partial charge >= 0.3 is 7.12 Å². The summed E-state index contributed by atoms with van der Waals surface area (Å²) in [6, 6.07) is 12.5. The summed E-state index contributed by atoms with van der Waals surface area (Å²) < 4.78 is 12.2. The number of benzene rings is 1. The van der Waals surface area contributed by atoms with E-state index in [1.807, 2.05) is 39.8 Å². The molecule has 0 saturated carbocycles. The molecule has 0 atom stereocenters. The number of nitriles is 2. The predicted molar refractivity (Wildman–Crippen MR) is 97.9 cm³/mol. The first-order valence-electron chi connectivity index (χ1n) is 8.70. The highest BCUT2D eigenvalue weighted by atomic mass is 16.7. The van der Waals surface area contributed by atoms with Crippen LogP contribution < -0.4 is 5.46 Å². The fourth-order valence-electron chi connectivity index (χ4n) is 2.76. The van der Waals surface area contributed by atoms with Crippen LogP contribution in [-0.4, -0.2) is 36.3 Å². The lowest BCUT2D eigenvalue weighted by Gasteiger charge is -2.32. The molecule has 0 N–H and O–H groups in total. The lowest BCUT2D eigenvalue weighted by Crippen LogP contribution is -2.41. The zero-order valence-electron chi connectivity index (χ0n) is 15.6. The van der Waals surface area contributed by atoms with Gasteiger partial charge in [-0.25, -0.2) is 0 Å². The second-order valence-electron chi connectivity index (χ2n) is 7.43. The number of rotatable bonds is 7. The summed E-state index contributed by atoms with van der Waals surface area (Å²) in [5.74, 6) is 0. The van der Waals surface area contributed by atoms with E-state index in [-0.39, 0.29) is 18.3 Å². The average Bonchev–Trinajstić information content (AvgIpc) is 2.78. The molecule has 132 valence electrons. The van der Waals surface area contributed by atoms with Gasteiger partial charge < -0.3 is 9.31 Å². The van der Waals surface area contributed by atoms with Crippen molar-refractivity contribution in [2.75, 3.05) is 13.1 Å². The van der Waals surface area contributed by atoms with Crippen LogP contribution in [0.25, 0.3) is 0 Å². The monoisotopic (exact) mass is 339 g/mol. The van der Waals surface area contributed by atoms with E-state index in [2.05, 4.69) is 29.2 Å². The Morgan fingerprint density at radius 3 is 2.08 bits per heavy atom. The molecule has 0 amide bonds. The Balaban J connectivity index is 2.10. The van der Waals surface area contributed by atoms with E-state index in [9.17, 15) is 0 Å². The first-order valence-corrected chi connectivity index (χ1v) is 8.70. The van der Waals surface area contributed by atoms with Crippen molar-refractivity contribution in [3.05, 3.63) is 29.8 Å². The van der Waals surface area contributed by atoms with Crippen LogP contribution in [0.5, 0.6) is 0 Å². The molecule has 1 heterocycles. The molecular weight excluding hydrogens is 313 g/mol. The fourth-order valence-corrected chi connectivity index (χ4v) is 2.76. The molecule has 6 heteroatoms. The van der Waals surface area contributed by atoms with Crippen molar-refractivity contribution in [3.63, 3.8) is 0 Å². The summed E-state index contributed by atoms with van der Waals surface area (Å²) in [5, 5.41) is 17.6. The molecule has 1 aromatic rings. The Morgan fingerprint density at radius 2 is 1.56 bits per heavy atom. The lowest BCUT2D eigenvalue weighted by atomic mass is 9.78. The van der Waals surface area contributed by atoms with E-state index in [0.717, 1.165) is 11.0 Å². The first kappa shape index (κ1) is 19.5. The van der Waals surface area contributed by atoms with Gasteiger partial charge in [-0.05, 0) is 38.7 Å². The molecule has 0 unspecified atom stereocenters. The number of nitrogens with zero attached hydrogens (tertiary/aromatic N) is 3. The summed E-state index contributed by atoms with van der Waals surface area (Å²) in [6.45, 7) is 10.2. The highest BCUT2D eigenvalue weighted by Crippen LogP contribution is 2.36. The van der Waals surface area contributed by atoms with E-state index in [0.29, 0.717) is 32.5 Å². The highest BCUT2D eigenvalue weighted by molar-refractivity contribution is 6.62. The fraction of sp³-hybridized carbons (Fsp3) is 0.579. The van der Waals surface area contributed by atoms with Gasteiger partial charge in [0.1, 0.15) is 0 Å². The van der Waals surface area contributed by atoms with Gasteiger partial charge in [-0.1, -0.05) is 24.3 Å². The van der Waals surface area contributed by atoms with Crippen LogP contribution in [-0.2, 0) is 15.9 Å². The average molecular weight is 339 g/mol. The van der Waals surface area contributed by atoms with Crippen LogP contribution in [0.4, 0.5) is 0 Å². The zero-order chi connectivity index (χ0) is 18.5. The van der Waals surface area contributed by atoms with Crippen LogP contribution >= 0.6 is 0 Å². The molecule has 0 aromatic heterocycles. The minimum absolute atomic E-state index is 0.362. The molecule has 5 nitrogen and oxygen atoms in total. The maximum atomic E-state index is 8.82. The third-order valence-corrected chi connectivity index (χ3v) is 4.96. The molecule has 1 fully saturated rings. The largest absolute Gasteiger partial charge is 0.494 e. The summed E-state index contributed by atoms with van der Waals surface area (Å²) in [4.78, 5) is 2.13. The van der Waals surface area contributed by atoms with E-state index in [1.165, 1.54) is 0 Å². The number of hydrogen-bond acceptors (Lipinski definition) is 5. The SMILES string of the molecule is CC1(C)OB(c2cccc(CN(CCC#N)CCC#N)c2)OC1(C)C. The van der Waals surface area contributed by atoms with Crippen LogP contribution in [0.1, 0.15) is 46.1 Å². The van der Waals surface area contributed by atoms with Gasteiger partial charge in [-0.3, -0.25) is 4.90 Å². The van der Waals surface area contributed by atoms with Crippen molar-refractivity contribution in [3.8, 4) is 12.1 Å². The minimum Gasteiger partial charge on any atom is -0.399 e. The molecule has 0 aliphatic carbocycles.